The summed E-state index contributed by atoms with van der Waals surface area (Å²) in [5.74, 6) is 0.847. The standard InChI is InChI=1S/C14H19BrN2OS/c1-2-17-14(13(16)18,10-7-8-10)9-19-12-6-4-3-5-11(12)15/h3-6,10,17H,2,7-9H2,1H3,(H2,16,18). The van der Waals surface area contributed by atoms with Gasteiger partial charge in [-0.3, -0.25) is 4.79 Å². The maximum Gasteiger partial charge on any atom is 0.238 e. The third-order valence-electron chi connectivity index (χ3n) is 3.50. The third-order valence-corrected chi connectivity index (χ3v) is 5.72. The van der Waals surface area contributed by atoms with E-state index in [2.05, 4.69) is 27.3 Å². The number of benzene rings is 1. The Hall–Kier alpha value is -0.520. The van der Waals surface area contributed by atoms with Crippen molar-refractivity contribution in [2.75, 3.05) is 12.3 Å². The summed E-state index contributed by atoms with van der Waals surface area (Å²) in [5, 5.41) is 3.34. The lowest BCUT2D eigenvalue weighted by molar-refractivity contribution is -0.124. The SMILES string of the molecule is CCNC(CSc1ccccc1Br)(C(N)=O)C1CC1. The van der Waals surface area contributed by atoms with Gasteiger partial charge in [-0.1, -0.05) is 19.1 Å². The second-order valence-electron chi connectivity index (χ2n) is 4.86. The van der Waals surface area contributed by atoms with Gasteiger partial charge in [-0.25, -0.2) is 0 Å². The topological polar surface area (TPSA) is 55.1 Å². The van der Waals surface area contributed by atoms with Crippen molar-refractivity contribution >= 4 is 33.6 Å². The van der Waals surface area contributed by atoms with E-state index in [9.17, 15) is 4.79 Å². The number of nitrogens with two attached hydrogens (primary N) is 1. The van der Waals surface area contributed by atoms with E-state index in [0.717, 1.165) is 28.8 Å². The minimum absolute atomic E-state index is 0.226. The van der Waals surface area contributed by atoms with Crippen LogP contribution in [0.4, 0.5) is 0 Å². The predicted octanol–water partition coefficient (Wildman–Crippen LogP) is 2.78. The Morgan fingerprint density at radius 1 is 1.53 bits per heavy atom. The highest BCUT2D eigenvalue weighted by Crippen LogP contribution is 2.43. The van der Waals surface area contributed by atoms with Gasteiger partial charge in [-0.15, -0.1) is 11.8 Å². The van der Waals surface area contributed by atoms with Gasteiger partial charge in [0.05, 0.1) is 0 Å². The number of rotatable bonds is 7. The van der Waals surface area contributed by atoms with E-state index in [1.165, 1.54) is 0 Å². The van der Waals surface area contributed by atoms with Crippen LogP contribution in [0.5, 0.6) is 0 Å². The maximum absolute atomic E-state index is 11.9. The predicted molar refractivity (Wildman–Crippen MR) is 83.2 cm³/mol. The first-order chi connectivity index (χ1) is 9.10. The fourth-order valence-electron chi connectivity index (χ4n) is 2.32. The molecule has 3 nitrogen and oxygen atoms in total. The number of hydrogen-bond acceptors (Lipinski definition) is 3. The number of likely N-dealkylation sites (N-methyl/N-ethyl adjacent to an activating group) is 1. The van der Waals surface area contributed by atoms with Crippen molar-refractivity contribution in [3.8, 4) is 0 Å². The molecule has 19 heavy (non-hydrogen) atoms. The molecule has 1 unspecified atom stereocenters. The number of hydrogen-bond donors (Lipinski definition) is 2. The van der Waals surface area contributed by atoms with E-state index in [-0.39, 0.29) is 5.91 Å². The molecule has 5 heteroatoms. The summed E-state index contributed by atoms with van der Waals surface area (Å²) in [6, 6.07) is 8.06. The molecule has 1 aromatic rings. The van der Waals surface area contributed by atoms with Crippen LogP contribution in [0.2, 0.25) is 0 Å². The molecule has 0 heterocycles. The van der Waals surface area contributed by atoms with Crippen LogP contribution < -0.4 is 11.1 Å². The number of amides is 1. The van der Waals surface area contributed by atoms with Crippen LogP contribution in [0, 0.1) is 5.92 Å². The van der Waals surface area contributed by atoms with Crippen molar-refractivity contribution in [3.63, 3.8) is 0 Å². The van der Waals surface area contributed by atoms with Crippen LogP contribution >= 0.6 is 27.7 Å². The molecule has 1 amide bonds. The zero-order chi connectivity index (χ0) is 13.9. The fraction of sp³-hybridized carbons (Fsp3) is 0.500. The molecular weight excluding hydrogens is 324 g/mol. The molecule has 0 aliphatic heterocycles. The second-order valence-corrected chi connectivity index (χ2v) is 6.73. The van der Waals surface area contributed by atoms with Gasteiger partial charge in [0.15, 0.2) is 0 Å². The molecule has 1 aliphatic carbocycles. The van der Waals surface area contributed by atoms with Crippen molar-refractivity contribution in [3.05, 3.63) is 28.7 Å². The largest absolute Gasteiger partial charge is 0.368 e. The highest BCUT2D eigenvalue weighted by Gasteiger charge is 2.49. The van der Waals surface area contributed by atoms with Gasteiger partial charge in [0.25, 0.3) is 0 Å². The molecule has 0 aromatic heterocycles. The van der Waals surface area contributed by atoms with Crippen LogP contribution in [0.25, 0.3) is 0 Å². The van der Waals surface area contributed by atoms with E-state index in [1.807, 2.05) is 25.1 Å². The van der Waals surface area contributed by atoms with E-state index in [0.29, 0.717) is 11.7 Å². The Morgan fingerprint density at radius 3 is 2.74 bits per heavy atom. The summed E-state index contributed by atoms with van der Waals surface area (Å²) >= 11 is 5.22. The molecule has 1 aliphatic rings. The van der Waals surface area contributed by atoms with Crippen molar-refractivity contribution < 1.29 is 4.79 Å². The molecule has 0 saturated heterocycles. The molecule has 2 rings (SSSR count). The van der Waals surface area contributed by atoms with E-state index >= 15 is 0 Å². The van der Waals surface area contributed by atoms with Gasteiger partial charge < -0.3 is 11.1 Å². The number of carbonyl (C=O) groups is 1. The molecule has 0 spiro atoms. The minimum Gasteiger partial charge on any atom is -0.368 e. The van der Waals surface area contributed by atoms with Crippen molar-refractivity contribution in [2.45, 2.75) is 30.2 Å². The quantitative estimate of drug-likeness (QED) is 0.749. The van der Waals surface area contributed by atoms with Crippen molar-refractivity contribution in [2.24, 2.45) is 11.7 Å². The minimum atomic E-state index is -0.561. The smallest absolute Gasteiger partial charge is 0.238 e. The molecular formula is C14H19BrN2OS. The summed E-state index contributed by atoms with van der Waals surface area (Å²) in [7, 11) is 0. The normalized spacial score (nSPS) is 18.0. The first-order valence-electron chi connectivity index (χ1n) is 6.52. The summed E-state index contributed by atoms with van der Waals surface area (Å²) in [4.78, 5) is 13.1. The highest BCUT2D eigenvalue weighted by molar-refractivity contribution is 9.10. The Balaban J connectivity index is 2.12. The molecule has 1 fully saturated rings. The first-order valence-corrected chi connectivity index (χ1v) is 8.30. The number of nitrogens with one attached hydrogen (secondary N) is 1. The summed E-state index contributed by atoms with van der Waals surface area (Å²) in [6.45, 7) is 2.78. The number of thioether (sulfide) groups is 1. The zero-order valence-electron chi connectivity index (χ0n) is 11.0. The second kappa shape index (κ2) is 6.29. The van der Waals surface area contributed by atoms with Gasteiger partial charge in [0.1, 0.15) is 5.54 Å². The van der Waals surface area contributed by atoms with Crippen molar-refractivity contribution in [1.82, 2.24) is 5.32 Å². The molecule has 1 aromatic carbocycles. The number of carbonyl (C=O) groups excluding carboxylic acids is 1. The molecule has 1 saturated carbocycles. The summed E-state index contributed by atoms with van der Waals surface area (Å²) in [5.41, 5.74) is 5.11. The molecule has 1 atom stereocenters. The first kappa shape index (κ1) is 14.9. The average Bonchev–Trinajstić information content (AvgIpc) is 3.20. The van der Waals surface area contributed by atoms with Gasteiger partial charge in [-0.05, 0) is 53.4 Å². The number of primary amides is 1. The molecule has 104 valence electrons. The lowest BCUT2D eigenvalue weighted by Crippen LogP contribution is -2.59. The summed E-state index contributed by atoms with van der Waals surface area (Å²) in [6.07, 6.45) is 2.18. The van der Waals surface area contributed by atoms with Crippen LogP contribution in [0.15, 0.2) is 33.6 Å². The van der Waals surface area contributed by atoms with Crippen LogP contribution in [0.1, 0.15) is 19.8 Å². The molecule has 0 radical (unpaired) electrons. The van der Waals surface area contributed by atoms with Crippen LogP contribution in [0.3, 0.4) is 0 Å². The van der Waals surface area contributed by atoms with E-state index < -0.39 is 5.54 Å². The zero-order valence-corrected chi connectivity index (χ0v) is 13.4. The Kier molecular flexibility index (Phi) is 4.92. The Labute approximate surface area is 126 Å². The molecule has 0 bridgehead atoms. The van der Waals surface area contributed by atoms with E-state index in [4.69, 9.17) is 5.73 Å². The lowest BCUT2D eigenvalue weighted by Gasteiger charge is -2.31. The van der Waals surface area contributed by atoms with Crippen LogP contribution in [-0.2, 0) is 4.79 Å². The highest BCUT2D eigenvalue weighted by atomic mass is 79.9. The maximum atomic E-state index is 11.9. The molecule has 3 N–H and O–H groups in total. The average molecular weight is 343 g/mol. The lowest BCUT2D eigenvalue weighted by atomic mass is 9.94. The Morgan fingerprint density at radius 2 is 2.21 bits per heavy atom. The monoisotopic (exact) mass is 342 g/mol. The van der Waals surface area contributed by atoms with Gasteiger partial charge in [0, 0.05) is 15.1 Å². The van der Waals surface area contributed by atoms with Gasteiger partial charge in [-0.2, -0.15) is 0 Å². The summed E-state index contributed by atoms with van der Waals surface area (Å²) < 4.78 is 1.06. The third kappa shape index (κ3) is 3.33. The van der Waals surface area contributed by atoms with Gasteiger partial charge >= 0.3 is 0 Å². The van der Waals surface area contributed by atoms with Crippen molar-refractivity contribution in [1.29, 1.82) is 0 Å². The fourth-order valence-corrected chi connectivity index (χ4v) is 4.19. The Bertz CT molecular complexity index is 465. The van der Waals surface area contributed by atoms with Gasteiger partial charge in [0.2, 0.25) is 5.91 Å². The number of halogens is 1. The van der Waals surface area contributed by atoms with Crippen LogP contribution in [-0.4, -0.2) is 23.7 Å². The van der Waals surface area contributed by atoms with E-state index in [1.54, 1.807) is 11.8 Å².